The fraction of sp³-hybridized carbons (Fsp3) is 0.167. The molecule has 9 heteroatoms. The van der Waals surface area contributed by atoms with E-state index in [1.807, 2.05) is 0 Å². The minimum Gasteiger partial charge on any atom is -0.227 e. The van der Waals surface area contributed by atoms with E-state index in [1.54, 1.807) is 45.2 Å². The molecule has 1 aromatic heterocycles. The summed E-state index contributed by atoms with van der Waals surface area (Å²) in [5.41, 5.74) is -0.671. The third kappa shape index (κ3) is 3.33. The lowest BCUT2D eigenvalue weighted by Crippen LogP contribution is -2.05. The summed E-state index contributed by atoms with van der Waals surface area (Å²) in [7, 11) is 0.758. The summed E-state index contributed by atoms with van der Waals surface area (Å²) in [5.74, 6) is 0. The summed E-state index contributed by atoms with van der Waals surface area (Å²) in [6.45, 7) is 0. The van der Waals surface area contributed by atoms with Gasteiger partial charge in [-0.1, -0.05) is 0 Å². The van der Waals surface area contributed by atoms with Crippen LogP contribution >= 0.6 is 55.9 Å². The standard InChI is InChI=1S/C6H2ClF2I2NO2S/c7-15(13,14)6-2(4(8)9)1-3(10)5(11)12-6/h1,4H. The average Bonchev–Trinajstić information content (AvgIpc) is 2.06. The molecule has 0 atom stereocenters. The van der Waals surface area contributed by atoms with Gasteiger partial charge in [0.25, 0.3) is 15.5 Å². The van der Waals surface area contributed by atoms with Gasteiger partial charge in [-0.25, -0.2) is 22.2 Å². The van der Waals surface area contributed by atoms with Crippen LogP contribution in [0.4, 0.5) is 8.78 Å². The second kappa shape index (κ2) is 4.92. The molecule has 0 spiro atoms. The summed E-state index contributed by atoms with van der Waals surface area (Å²) >= 11 is 3.53. The summed E-state index contributed by atoms with van der Waals surface area (Å²) in [5, 5.41) is -0.774. The van der Waals surface area contributed by atoms with E-state index in [1.165, 1.54) is 0 Å². The fourth-order valence-corrected chi connectivity index (χ4v) is 2.83. The third-order valence-electron chi connectivity index (χ3n) is 1.39. The van der Waals surface area contributed by atoms with Gasteiger partial charge in [-0.05, 0) is 51.2 Å². The summed E-state index contributed by atoms with van der Waals surface area (Å²) in [6, 6.07) is 1.06. The van der Waals surface area contributed by atoms with Crippen molar-refractivity contribution in [2.24, 2.45) is 0 Å². The normalized spacial score (nSPS) is 12.1. The minimum absolute atomic E-state index is 0.317. The van der Waals surface area contributed by atoms with Crippen LogP contribution in [0.1, 0.15) is 12.0 Å². The Bertz CT molecular complexity index is 494. The first-order chi connectivity index (χ1) is 6.73. The van der Waals surface area contributed by atoms with Crippen molar-refractivity contribution in [2.75, 3.05) is 0 Å². The number of hydrogen-bond acceptors (Lipinski definition) is 3. The molecule has 3 nitrogen and oxygen atoms in total. The molecule has 1 aromatic rings. The minimum atomic E-state index is -4.24. The van der Waals surface area contributed by atoms with E-state index in [4.69, 9.17) is 10.7 Å². The molecule has 0 aliphatic heterocycles. The monoisotopic (exact) mass is 479 g/mol. The number of alkyl halides is 2. The maximum atomic E-state index is 12.5. The van der Waals surface area contributed by atoms with Gasteiger partial charge in [0.15, 0.2) is 5.03 Å². The second-order valence-electron chi connectivity index (χ2n) is 2.39. The molecule has 1 heterocycles. The van der Waals surface area contributed by atoms with E-state index in [9.17, 15) is 17.2 Å². The highest BCUT2D eigenvalue weighted by atomic mass is 127. The molecule has 0 saturated carbocycles. The Kier molecular flexibility index (Phi) is 4.52. The first-order valence-electron chi connectivity index (χ1n) is 3.32. The van der Waals surface area contributed by atoms with E-state index in [0.717, 1.165) is 6.07 Å². The van der Waals surface area contributed by atoms with E-state index in [2.05, 4.69) is 4.98 Å². The summed E-state index contributed by atoms with van der Waals surface area (Å²) in [4.78, 5) is 3.54. The predicted molar refractivity (Wildman–Crippen MR) is 67.7 cm³/mol. The van der Waals surface area contributed by atoms with Crippen molar-refractivity contribution in [1.29, 1.82) is 0 Å². The molecule has 0 aliphatic carbocycles. The van der Waals surface area contributed by atoms with Crippen molar-refractivity contribution in [3.8, 4) is 0 Å². The van der Waals surface area contributed by atoms with Crippen LogP contribution in [-0.2, 0) is 9.05 Å². The molecule has 1 rings (SSSR count). The Morgan fingerprint density at radius 2 is 1.93 bits per heavy atom. The molecular formula is C6H2ClF2I2NO2S. The smallest absolute Gasteiger partial charge is 0.227 e. The molecule has 15 heavy (non-hydrogen) atoms. The van der Waals surface area contributed by atoms with E-state index < -0.39 is 26.1 Å². The molecule has 0 radical (unpaired) electrons. The Labute approximate surface area is 116 Å². The highest BCUT2D eigenvalue weighted by Crippen LogP contribution is 2.30. The number of aromatic nitrogens is 1. The lowest BCUT2D eigenvalue weighted by Gasteiger charge is -2.06. The second-order valence-corrected chi connectivity index (χ2v) is 7.06. The third-order valence-corrected chi connectivity index (χ3v) is 5.30. The van der Waals surface area contributed by atoms with Crippen LogP contribution < -0.4 is 0 Å². The molecule has 0 saturated heterocycles. The topological polar surface area (TPSA) is 47.0 Å². The molecule has 0 bridgehead atoms. The Hall–Kier alpha value is 0.710. The van der Waals surface area contributed by atoms with Gasteiger partial charge in [0.2, 0.25) is 0 Å². The zero-order valence-corrected chi connectivity index (χ0v) is 12.6. The number of pyridine rings is 1. The lowest BCUT2D eigenvalue weighted by atomic mass is 10.3. The summed E-state index contributed by atoms with van der Waals surface area (Å²) in [6.07, 6.45) is -2.92. The first-order valence-corrected chi connectivity index (χ1v) is 7.79. The number of halogens is 5. The molecular weight excluding hydrogens is 477 g/mol. The van der Waals surface area contributed by atoms with Gasteiger partial charge in [0, 0.05) is 14.3 Å². The first kappa shape index (κ1) is 13.8. The molecule has 84 valence electrons. The van der Waals surface area contributed by atoms with Crippen molar-refractivity contribution in [1.82, 2.24) is 4.98 Å². The van der Waals surface area contributed by atoms with Crippen LogP contribution in [0.3, 0.4) is 0 Å². The molecule has 0 amide bonds. The van der Waals surface area contributed by atoms with Gasteiger partial charge in [-0.3, -0.25) is 0 Å². The van der Waals surface area contributed by atoms with Crippen LogP contribution in [-0.4, -0.2) is 13.4 Å². The molecule has 0 aliphatic rings. The molecule has 0 N–H and O–H groups in total. The maximum Gasteiger partial charge on any atom is 0.279 e. The van der Waals surface area contributed by atoms with Crippen LogP contribution in [0.5, 0.6) is 0 Å². The molecule has 0 aromatic carbocycles. The highest BCUT2D eigenvalue weighted by molar-refractivity contribution is 14.1. The van der Waals surface area contributed by atoms with Crippen molar-refractivity contribution < 1.29 is 17.2 Å². The predicted octanol–water partition coefficient (Wildman–Crippen LogP) is 3.16. The van der Waals surface area contributed by atoms with Gasteiger partial charge in [-0.15, -0.1) is 0 Å². The SMILES string of the molecule is O=S(=O)(Cl)c1nc(I)c(I)cc1C(F)F. The highest BCUT2D eigenvalue weighted by Gasteiger charge is 2.25. The van der Waals surface area contributed by atoms with Gasteiger partial charge in [-0.2, -0.15) is 0 Å². The Morgan fingerprint density at radius 1 is 1.40 bits per heavy atom. The lowest BCUT2D eigenvalue weighted by molar-refractivity contribution is 0.147. The van der Waals surface area contributed by atoms with Crippen molar-refractivity contribution >= 4 is 64.9 Å². The van der Waals surface area contributed by atoms with Gasteiger partial charge in [0.05, 0.1) is 5.56 Å². The van der Waals surface area contributed by atoms with Gasteiger partial charge >= 0.3 is 0 Å². The largest absolute Gasteiger partial charge is 0.279 e. The Morgan fingerprint density at radius 3 is 2.33 bits per heavy atom. The van der Waals surface area contributed by atoms with Crippen LogP contribution in [0.15, 0.2) is 11.1 Å². The van der Waals surface area contributed by atoms with Crippen molar-refractivity contribution in [2.45, 2.75) is 11.5 Å². The van der Waals surface area contributed by atoms with Gasteiger partial charge < -0.3 is 0 Å². The van der Waals surface area contributed by atoms with E-state index >= 15 is 0 Å². The molecule has 0 unspecified atom stereocenters. The van der Waals surface area contributed by atoms with Crippen LogP contribution in [0.25, 0.3) is 0 Å². The van der Waals surface area contributed by atoms with Crippen molar-refractivity contribution in [3.63, 3.8) is 0 Å². The fourth-order valence-electron chi connectivity index (χ4n) is 0.817. The van der Waals surface area contributed by atoms with Gasteiger partial charge in [0.1, 0.15) is 3.70 Å². The zero-order chi connectivity index (χ0) is 11.8. The quantitative estimate of drug-likeness (QED) is 0.372. The van der Waals surface area contributed by atoms with Crippen molar-refractivity contribution in [3.05, 3.63) is 18.9 Å². The van der Waals surface area contributed by atoms with Crippen LogP contribution in [0, 0.1) is 7.27 Å². The maximum absolute atomic E-state index is 12.5. The van der Waals surface area contributed by atoms with Crippen LogP contribution in [0.2, 0.25) is 0 Å². The van der Waals surface area contributed by atoms with E-state index in [-0.39, 0.29) is 0 Å². The average molecular weight is 479 g/mol. The zero-order valence-electron chi connectivity index (χ0n) is 6.72. The van der Waals surface area contributed by atoms with E-state index in [0.29, 0.717) is 7.27 Å². The number of rotatable bonds is 2. The summed E-state index contributed by atoms with van der Waals surface area (Å²) < 4.78 is 47.7. The number of hydrogen-bond donors (Lipinski definition) is 0. The molecule has 0 fully saturated rings. The number of nitrogens with zero attached hydrogens (tertiary/aromatic N) is 1. The Balaban J connectivity index is 3.56.